The number of hydrogen-bond acceptors (Lipinski definition) is 2. The normalized spacial score (nSPS) is 19.9. The van der Waals surface area contributed by atoms with Crippen molar-refractivity contribution in [1.82, 2.24) is 4.90 Å². The quantitative estimate of drug-likeness (QED) is 0.794. The highest BCUT2D eigenvalue weighted by Gasteiger charge is 2.34. The lowest BCUT2D eigenvalue weighted by Crippen LogP contribution is -2.28. The Hall–Kier alpha value is -1.09. The van der Waals surface area contributed by atoms with E-state index in [1.54, 1.807) is 12.1 Å². The van der Waals surface area contributed by atoms with Crippen LogP contribution in [0.4, 0.5) is 10.1 Å². The number of hydrogen-bond donors (Lipinski definition) is 1. The van der Waals surface area contributed by atoms with Gasteiger partial charge in [0.1, 0.15) is 5.82 Å². The van der Waals surface area contributed by atoms with Crippen molar-refractivity contribution >= 4 is 5.69 Å². The zero-order chi connectivity index (χ0) is 11.8. The van der Waals surface area contributed by atoms with E-state index in [0.29, 0.717) is 23.8 Å². The predicted molar refractivity (Wildman–Crippen MR) is 67.0 cm³/mol. The van der Waals surface area contributed by atoms with E-state index in [1.807, 2.05) is 0 Å². The Balaban J connectivity index is 1.74. The average Bonchev–Trinajstić information content (AvgIpc) is 3.14. The Bertz CT molecular complexity index is 390. The number of benzene rings is 1. The van der Waals surface area contributed by atoms with E-state index in [9.17, 15) is 4.39 Å². The van der Waals surface area contributed by atoms with Crippen molar-refractivity contribution in [2.24, 2.45) is 5.92 Å². The summed E-state index contributed by atoms with van der Waals surface area (Å²) in [4.78, 5) is 2.42. The number of halogens is 1. The molecule has 17 heavy (non-hydrogen) atoms. The van der Waals surface area contributed by atoms with Crippen LogP contribution in [0.5, 0.6) is 0 Å². The fraction of sp³-hybridized carbons (Fsp3) is 0.571. The molecule has 0 saturated heterocycles. The summed E-state index contributed by atoms with van der Waals surface area (Å²) in [6, 6.07) is 5.65. The van der Waals surface area contributed by atoms with Crippen molar-refractivity contribution in [3.05, 3.63) is 29.6 Å². The molecule has 0 aliphatic heterocycles. The number of nitrogens with two attached hydrogens (primary N) is 1. The molecule has 0 bridgehead atoms. The van der Waals surface area contributed by atoms with Gasteiger partial charge in [0.2, 0.25) is 0 Å². The van der Waals surface area contributed by atoms with Gasteiger partial charge in [0, 0.05) is 30.4 Å². The second-order valence-corrected chi connectivity index (χ2v) is 5.41. The molecule has 0 aromatic heterocycles. The number of nitrogens with zero attached hydrogens (tertiary/aromatic N) is 1. The molecule has 0 unspecified atom stereocenters. The highest BCUT2D eigenvalue weighted by Crippen LogP contribution is 2.36. The molecule has 2 aliphatic carbocycles. The number of rotatable bonds is 5. The summed E-state index contributed by atoms with van der Waals surface area (Å²) in [7, 11) is 0. The van der Waals surface area contributed by atoms with Crippen LogP contribution in [0.1, 0.15) is 31.2 Å². The Morgan fingerprint density at radius 2 is 2.00 bits per heavy atom. The Labute approximate surface area is 102 Å². The standard InChI is InChI=1S/C14H19FN2/c15-13-2-1-3-14(16)12(13)9-17(11-6-7-11)8-10-4-5-10/h1-3,10-11H,4-9,16H2. The summed E-state index contributed by atoms with van der Waals surface area (Å²) in [6.07, 6.45) is 5.22. The van der Waals surface area contributed by atoms with E-state index in [1.165, 1.54) is 31.7 Å². The van der Waals surface area contributed by atoms with Crippen molar-refractivity contribution in [2.75, 3.05) is 12.3 Å². The molecule has 0 heterocycles. The molecule has 0 radical (unpaired) electrons. The van der Waals surface area contributed by atoms with Crippen molar-refractivity contribution in [2.45, 2.75) is 38.3 Å². The van der Waals surface area contributed by atoms with Gasteiger partial charge in [-0.15, -0.1) is 0 Å². The van der Waals surface area contributed by atoms with E-state index < -0.39 is 0 Å². The minimum absolute atomic E-state index is 0.161. The third-order valence-electron chi connectivity index (χ3n) is 3.77. The second kappa shape index (κ2) is 4.30. The van der Waals surface area contributed by atoms with Gasteiger partial charge in [0.25, 0.3) is 0 Å². The van der Waals surface area contributed by atoms with Crippen LogP contribution < -0.4 is 5.73 Å². The molecule has 2 fully saturated rings. The molecule has 0 spiro atoms. The van der Waals surface area contributed by atoms with Gasteiger partial charge in [-0.25, -0.2) is 4.39 Å². The Morgan fingerprint density at radius 3 is 2.59 bits per heavy atom. The molecule has 3 heteroatoms. The van der Waals surface area contributed by atoms with Crippen LogP contribution in [0.2, 0.25) is 0 Å². The molecule has 1 aromatic carbocycles. The van der Waals surface area contributed by atoms with Crippen molar-refractivity contribution in [3.63, 3.8) is 0 Å². The predicted octanol–water partition coefficient (Wildman–Crippen LogP) is 2.78. The van der Waals surface area contributed by atoms with E-state index >= 15 is 0 Å². The molecular weight excluding hydrogens is 215 g/mol. The molecule has 2 nitrogen and oxygen atoms in total. The largest absolute Gasteiger partial charge is 0.398 e. The van der Waals surface area contributed by atoms with E-state index in [-0.39, 0.29) is 5.82 Å². The first-order chi connectivity index (χ1) is 8.24. The van der Waals surface area contributed by atoms with Crippen molar-refractivity contribution in [3.8, 4) is 0 Å². The van der Waals surface area contributed by atoms with E-state index in [4.69, 9.17) is 5.73 Å². The van der Waals surface area contributed by atoms with Crippen molar-refractivity contribution < 1.29 is 4.39 Å². The van der Waals surface area contributed by atoms with Gasteiger partial charge in [-0.3, -0.25) is 4.90 Å². The van der Waals surface area contributed by atoms with Crippen LogP contribution in [-0.2, 0) is 6.54 Å². The van der Waals surface area contributed by atoms with Gasteiger partial charge in [-0.2, -0.15) is 0 Å². The van der Waals surface area contributed by atoms with Crippen molar-refractivity contribution in [1.29, 1.82) is 0 Å². The molecule has 3 rings (SSSR count). The van der Waals surface area contributed by atoms with Gasteiger partial charge in [-0.1, -0.05) is 6.07 Å². The molecule has 0 amide bonds. The average molecular weight is 234 g/mol. The molecule has 2 saturated carbocycles. The SMILES string of the molecule is Nc1cccc(F)c1CN(CC1CC1)C1CC1. The fourth-order valence-electron chi connectivity index (χ4n) is 2.36. The lowest BCUT2D eigenvalue weighted by Gasteiger charge is -2.23. The first-order valence-corrected chi connectivity index (χ1v) is 6.51. The highest BCUT2D eigenvalue weighted by molar-refractivity contribution is 5.47. The highest BCUT2D eigenvalue weighted by atomic mass is 19.1. The zero-order valence-electron chi connectivity index (χ0n) is 10.0. The van der Waals surface area contributed by atoms with Crippen LogP contribution in [0.3, 0.4) is 0 Å². The molecule has 2 N–H and O–H groups in total. The number of nitrogen functional groups attached to an aromatic ring is 1. The lowest BCUT2D eigenvalue weighted by atomic mass is 10.1. The van der Waals surface area contributed by atoms with Gasteiger partial charge in [0.15, 0.2) is 0 Å². The maximum Gasteiger partial charge on any atom is 0.129 e. The smallest absolute Gasteiger partial charge is 0.129 e. The maximum absolute atomic E-state index is 13.7. The first kappa shape index (κ1) is 11.0. The third-order valence-corrected chi connectivity index (χ3v) is 3.77. The third kappa shape index (κ3) is 2.60. The first-order valence-electron chi connectivity index (χ1n) is 6.51. The van der Waals surface area contributed by atoms with Gasteiger partial charge in [-0.05, 0) is 43.7 Å². The van der Waals surface area contributed by atoms with Gasteiger partial charge in [0.05, 0.1) is 0 Å². The summed E-state index contributed by atoms with van der Waals surface area (Å²) < 4.78 is 13.7. The van der Waals surface area contributed by atoms with Crippen LogP contribution in [-0.4, -0.2) is 17.5 Å². The Morgan fingerprint density at radius 1 is 1.24 bits per heavy atom. The molecule has 1 aromatic rings. The van der Waals surface area contributed by atoms with E-state index in [0.717, 1.165) is 12.5 Å². The van der Waals surface area contributed by atoms with Crippen LogP contribution in [0, 0.1) is 11.7 Å². The monoisotopic (exact) mass is 234 g/mol. The topological polar surface area (TPSA) is 29.3 Å². The van der Waals surface area contributed by atoms with Gasteiger partial charge < -0.3 is 5.73 Å². The van der Waals surface area contributed by atoms with Crippen LogP contribution in [0.15, 0.2) is 18.2 Å². The minimum Gasteiger partial charge on any atom is -0.398 e. The second-order valence-electron chi connectivity index (χ2n) is 5.41. The summed E-state index contributed by atoms with van der Waals surface area (Å²) in [5.74, 6) is 0.690. The maximum atomic E-state index is 13.7. The summed E-state index contributed by atoms with van der Waals surface area (Å²) in [5, 5.41) is 0. The van der Waals surface area contributed by atoms with Crippen LogP contribution >= 0.6 is 0 Å². The molecule has 92 valence electrons. The summed E-state index contributed by atoms with van der Waals surface area (Å²) in [5.41, 5.74) is 7.14. The minimum atomic E-state index is -0.161. The zero-order valence-corrected chi connectivity index (χ0v) is 10.0. The molecular formula is C14H19FN2. The lowest BCUT2D eigenvalue weighted by molar-refractivity contribution is 0.241. The van der Waals surface area contributed by atoms with Crippen LogP contribution in [0.25, 0.3) is 0 Å². The number of anilines is 1. The summed E-state index contributed by atoms with van der Waals surface area (Å²) >= 11 is 0. The fourth-order valence-corrected chi connectivity index (χ4v) is 2.36. The Kier molecular flexibility index (Phi) is 2.79. The summed E-state index contributed by atoms with van der Waals surface area (Å²) in [6.45, 7) is 1.80. The van der Waals surface area contributed by atoms with Gasteiger partial charge >= 0.3 is 0 Å². The molecule has 0 atom stereocenters. The molecule has 2 aliphatic rings. The van der Waals surface area contributed by atoms with E-state index in [2.05, 4.69) is 4.90 Å².